The lowest BCUT2D eigenvalue weighted by Crippen LogP contribution is -2.27. The Labute approximate surface area is 168 Å². The monoisotopic (exact) mass is 414 g/mol. The normalized spacial score (nSPS) is 11.0. The first-order chi connectivity index (χ1) is 13.8. The van der Waals surface area contributed by atoms with Crippen molar-refractivity contribution in [2.24, 2.45) is 0 Å². The fourth-order valence-corrected chi connectivity index (χ4v) is 3.98. The molecule has 0 unspecified atom stereocenters. The van der Waals surface area contributed by atoms with Crippen LogP contribution in [-0.2, 0) is 10.0 Å². The van der Waals surface area contributed by atoms with Crippen LogP contribution in [0.4, 0.5) is 15.8 Å². The van der Waals surface area contributed by atoms with Crippen LogP contribution >= 0.6 is 0 Å². The number of halogens is 1. The molecule has 0 radical (unpaired) electrons. The number of ether oxygens (including phenoxy) is 1. The highest BCUT2D eigenvalue weighted by molar-refractivity contribution is 7.92. The van der Waals surface area contributed by atoms with Gasteiger partial charge in [0.25, 0.3) is 15.9 Å². The summed E-state index contributed by atoms with van der Waals surface area (Å²) in [6, 6.07) is 18.0. The van der Waals surface area contributed by atoms with Crippen LogP contribution < -0.4 is 14.4 Å². The van der Waals surface area contributed by atoms with Crippen molar-refractivity contribution in [3.05, 3.63) is 84.2 Å². The summed E-state index contributed by atoms with van der Waals surface area (Å²) >= 11 is 0. The molecule has 6 nitrogen and oxygen atoms in total. The number of amides is 1. The Hall–Kier alpha value is -3.39. The van der Waals surface area contributed by atoms with Gasteiger partial charge in [-0.25, -0.2) is 12.8 Å². The molecule has 0 heterocycles. The standard InChI is InChI=1S/C21H19FN2O4S/c1-24(19-12-5-3-10-17(19)22)29(26,27)16-9-7-8-15(14-16)21(25)23-18-11-4-6-13-20(18)28-2/h3-14H,1-2H3,(H,23,25). The number of para-hydroxylation sites is 3. The number of hydrogen-bond acceptors (Lipinski definition) is 4. The highest BCUT2D eigenvalue weighted by atomic mass is 32.2. The second kappa shape index (κ2) is 8.32. The number of hydrogen-bond donors (Lipinski definition) is 1. The van der Waals surface area contributed by atoms with Crippen LogP contribution in [0.3, 0.4) is 0 Å². The Morgan fingerprint density at radius 3 is 2.41 bits per heavy atom. The summed E-state index contributed by atoms with van der Waals surface area (Å²) in [5, 5.41) is 2.69. The van der Waals surface area contributed by atoms with E-state index < -0.39 is 21.7 Å². The first-order valence-corrected chi connectivity index (χ1v) is 10.1. The van der Waals surface area contributed by atoms with Crippen LogP contribution in [0.5, 0.6) is 5.75 Å². The van der Waals surface area contributed by atoms with Gasteiger partial charge >= 0.3 is 0 Å². The third-order valence-corrected chi connectivity index (χ3v) is 6.07. The molecule has 1 amide bonds. The SMILES string of the molecule is COc1ccccc1NC(=O)c1cccc(S(=O)(=O)N(C)c2ccccc2F)c1. The molecule has 0 aliphatic rings. The van der Waals surface area contributed by atoms with Crippen LogP contribution in [0.1, 0.15) is 10.4 Å². The molecule has 3 aromatic carbocycles. The molecular formula is C21H19FN2O4S. The van der Waals surface area contributed by atoms with Gasteiger partial charge in [0.2, 0.25) is 0 Å². The Balaban J connectivity index is 1.90. The average molecular weight is 414 g/mol. The van der Waals surface area contributed by atoms with E-state index in [9.17, 15) is 17.6 Å². The van der Waals surface area contributed by atoms with Crippen molar-refractivity contribution in [3.8, 4) is 5.75 Å². The third-order valence-electron chi connectivity index (χ3n) is 4.30. The van der Waals surface area contributed by atoms with Crippen LogP contribution in [0.25, 0.3) is 0 Å². The topological polar surface area (TPSA) is 75.7 Å². The quantitative estimate of drug-likeness (QED) is 0.664. The molecule has 0 aliphatic carbocycles. The number of methoxy groups -OCH3 is 1. The minimum absolute atomic E-state index is 0.0867. The largest absolute Gasteiger partial charge is 0.495 e. The second-order valence-corrected chi connectivity index (χ2v) is 8.08. The number of carbonyl (C=O) groups is 1. The number of nitrogens with zero attached hydrogens (tertiary/aromatic N) is 1. The Morgan fingerprint density at radius 2 is 1.69 bits per heavy atom. The minimum Gasteiger partial charge on any atom is -0.495 e. The number of carbonyl (C=O) groups excluding carboxylic acids is 1. The van der Waals surface area contributed by atoms with Crippen LogP contribution in [0, 0.1) is 5.82 Å². The van der Waals surface area contributed by atoms with Crippen molar-refractivity contribution in [2.75, 3.05) is 23.8 Å². The molecule has 0 saturated carbocycles. The summed E-state index contributed by atoms with van der Waals surface area (Å²) < 4.78 is 45.9. The number of sulfonamides is 1. The molecule has 0 atom stereocenters. The number of rotatable bonds is 6. The van der Waals surface area contributed by atoms with Gasteiger partial charge in [-0.1, -0.05) is 30.3 Å². The molecule has 8 heteroatoms. The van der Waals surface area contributed by atoms with Crippen LogP contribution in [0.2, 0.25) is 0 Å². The number of anilines is 2. The molecule has 1 N–H and O–H groups in total. The first-order valence-electron chi connectivity index (χ1n) is 8.62. The van der Waals surface area contributed by atoms with E-state index in [2.05, 4.69) is 5.32 Å². The lowest BCUT2D eigenvalue weighted by molar-refractivity contribution is 0.102. The maximum absolute atomic E-state index is 14.0. The zero-order chi connectivity index (χ0) is 21.0. The summed E-state index contributed by atoms with van der Waals surface area (Å²) in [7, 11) is -1.33. The first kappa shape index (κ1) is 20.3. The summed E-state index contributed by atoms with van der Waals surface area (Å²) in [6.45, 7) is 0. The summed E-state index contributed by atoms with van der Waals surface area (Å²) in [4.78, 5) is 12.5. The summed E-state index contributed by atoms with van der Waals surface area (Å²) in [5.74, 6) is -0.687. The Kier molecular flexibility index (Phi) is 5.84. The van der Waals surface area contributed by atoms with E-state index in [1.54, 1.807) is 30.3 Å². The fourth-order valence-electron chi connectivity index (χ4n) is 2.73. The highest BCUT2D eigenvalue weighted by Crippen LogP contribution is 2.26. The van der Waals surface area contributed by atoms with Gasteiger partial charge in [-0.3, -0.25) is 9.10 Å². The maximum atomic E-state index is 14.0. The molecule has 29 heavy (non-hydrogen) atoms. The van der Waals surface area contributed by atoms with E-state index in [0.717, 1.165) is 4.31 Å². The molecule has 150 valence electrons. The minimum atomic E-state index is -4.07. The van der Waals surface area contributed by atoms with Crippen LogP contribution in [0.15, 0.2) is 77.7 Å². The second-order valence-electron chi connectivity index (χ2n) is 6.11. The zero-order valence-electron chi connectivity index (χ0n) is 15.8. The molecule has 0 aromatic heterocycles. The molecule has 3 aromatic rings. The smallest absolute Gasteiger partial charge is 0.264 e. The van der Waals surface area contributed by atoms with E-state index in [-0.39, 0.29) is 16.1 Å². The van der Waals surface area contributed by atoms with Gasteiger partial charge in [0, 0.05) is 12.6 Å². The molecule has 0 fully saturated rings. The van der Waals surface area contributed by atoms with Gasteiger partial charge in [-0.05, 0) is 42.5 Å². The van der Waals surface area contributed by atoms with Gasteiger partial charge in [0.15, 0.2) is 0 Å². The van der Waals surface area contributed by atoms with Gasteiger partial charge in [-0.15, -0.1) is 0 Å². The average Bonchev–Trinajstić information content (AvgIpc) is 2.74. The van der Waals surface area contributed by atoms with Gasteiger partial charge in [0.1, 0.15) is 11.6 Å². The van der Waals surface area contributed by atoms with E-state index in [4.69, 9.17) is 4.74 Å². The highest BCUT2D eigenvalue weighted by Gasteiger charge is 2.24. The Morgan fingerprint density at radius 1 is 1.00 bits per heavy atom. The van der Waals surface area contributed by atoms with Crippen molar-refractivity contribution in [1.29, 1.82) is 0 Å². The maximum Gasteiger partial charge on any atom is 0.264 e. The molecule has 0 saturated heterocycles. The Bertz CT molecular complexity index is 1150. The van der Waals surface area contributed by atoms with Crippen molar-refractivity contribution < 1.29 is 22.3 Å². The molecule has 0 aliphatic heterocycles. The summed E-state index contributed by atoms with van der Waals surface area (Å²) in [6.07, 6.45) is 0. The van der Waals surface area contributed by atoms with Crippen molar-refractivity contribution >= 4 is 27.3 Å². The number of benzene rings is 3. The molecule has 0 bridgehead atoms. The van der Waals surface area contributed by atoms with Crippen molar-refractivity contribution in [2.45, 2.75) is 4.90 Å². The summed E-state index contributed by atoms with van der Waals surface area (Å²) in [5.41, 5.74) is 0.507. The molecular weight excluding hydrogens is 395 g/mol. The van der Waals surface area contributed by atoms with Crippen molar-refractivity contribution in [3.63, 3.8) is 0 Å². The number of nitrogens with one attached hydrogen (secondary N) is 1. The predicted molar refractivity (Wildman–Crippen MR) is 109 cm³/mol. The van der Waals surface area contributed by atoms with Gasteiger partial charge in [-0.2, -0.15) is 0 Å². The third kappa shape index (κ3) is 4.22. The predicted octanol–water partition coefficient (Wildman–Crippen LogP) is 3.91. The van der Waals surface area contributed by atoms with E-state index >= 15 is 0 Å². The van der Waals surface area contributed by atoms with Gasteiger partial charge < -0.3 is 10.1 Å². The molecule has 0 spiro atoms. The lowest BCUT2D eigenvalue weighted by atomic mass is 10.2. The fraction of sp³-hybridized carbons (Fsp3) is 0.0952. The van der Waals surface area contributed by atoms with Gasteiger partial charge in [0.05, 0.1) is 23.4 Å². The zero-order valence-corrected chi connectivity index (χ0v) is 16.6. The van der Waals surface area contributed by atoms with Crippen LogP contribution in [-0.4, -0.2) is 28.5 Å². The van der Waals surface area contributed by atoms with E-state index in [0.29, 0.717) is 11.4 Å². The van der Waals surface area contributed by atoms with Crippen molar-refractivity contribution in [1.82, 2.24) is 0 Å². The van der Waals surface area contributed by atoms with E-state index in [1.165, 1.54) is 56.6 Å². The lowest BCUT2D eigenvalue weighted by Gasteiger charge is -2.20. The molecule has 3 rings (SSSR count). The van der Waals surface area contributed by atoms with E-state index in [1.807, 2.05) is 0 Å².